The van der Waals surface area contributed by atoms with Crippen LogP contribution >= 0.6 is 35.0 Å². The molecule has 0 bridgehead atoms. The number of hydrogen-bond acceptors (Lipinski definition) is 3. The number of amides is 1. The fraction of sp³-hybridized carbons (Fsp3) is 0.500. The van der Waals surface area contributed by atoms with Gasteiger partial charge in [0.15, 0.2) is 0 Å². The predicted molar refractivity (Wildman–Crippen MR) is 88.8 cm³/mol. The van der Waals surface area contributed by atoms with Gasteiger partial charge in [0.05, 0.1) is 16.4 Å². The summed E-state index contributed by atoms with van der Waals surface area (Å²) in [4.78, 5) is 11.9. The lowest BCUT2D eigenvalue weighted by Gasteiger charge is -2.12. The number of thioether (sulfide) groups is 1. The first-order valence-corrected chi connectivity index (χ1v) is 8.52. The largest absolute Gasteiger partial charge is 0.397 e. The Bertz CT molecular complexity index is 467. The minimum absolute atomic E-state index is 0.0635. The summed E-state index contributed by atoms with van der Waals surface area (Å²) in [7, 11) is 0. The number of carbonyl (C=O) groups excluding carboxylic acids is 1. The van der Waals surface area contributed by atoms with Crippen molar-refractivity contribution in [3.63, 3.8) is 0 Å². The second-order valence-electron chi connectivity index (χ2n) is 4.93. The number of nitrogens with one attached hydrogen (secondary N) is 1. The third-order valence-corrected chi connectivity index (χ3v) is 5.23. The molecule has 1 fully saturated rings. The SMILES string of the molecule is Nc1cc(Cl)cc(Cl)c1NC(=O)CCSC1CCCC1. The lowest BCUT2D eigenvalue weighted by molar-refractivity contribution is -0.115. The topological polar surface area (TPSA) is 55.1 Å². The molecule has 0 saturated heterocycles. The molecule has 2 rings (SSSR count). The Morgan fingerprint density at radius 3 is 2.70 bits per heavy atom. The quantitative estimate of drug-likeness (QED) is 0.776. The molecule has 0 unspecified atom stereocenters. The maximum absolute atomic E-state index is 11.9. The Balaban J connectivity index is 1.82. The van der Waals surface area contributed by atoms with Gasteiger partial charge in [0.25, 0.3) is 0 Å². The zero-order valence-electron chi connectivity index (χ0n) is 11.1. The third-order valence-electron chi connectivity index (χ3n) is 3.33. The third kappa shape index (κ3) is 4.47. The van der Waals surface area contributed by atoms with Crippen molar-refractivity contribution in [1.82, 2.24) is 0 Å². The fourth-order valence-electron chi connectivity index (χ4n) is 2.30. The molecule has 1 saturated carbocycles. The van der Waals surface area contributed by atoms with Gasteiger partial charge in [-0.1, -0.05) is 36.0 Å². The highest BCUT2D eigenvalue weighted by atomic mass is 35.5. The van der Waals surface area contributed by atoms with E-state index < -0.39 is 0 Å². The van der Waals surface area contributed by atoms with Crippen molar-refractivity contribution in [2.75, 3.05) is 16.8 Å². The Hall–Kier alpha value is -0.580. The average Bonchev–Trinajstić information content (AvgIpc) is 2.87. The van der Waals surface area contributed by atoms with Crippen molar-refractivity contribution in [3.8, 4) is 0 Å². The van der Waals surface area contributed by atoms with E-state index in [9.17, 15) is 4.79 Å². The van der Waals surface area contributed by atoms with Crippen molar-refractivity contribution in [1.29, 1.82) is 0 Å². The fourth-order valence-corrected chi connectivity index (χ4v) is 4.16. The molecule has 6 heteroatoms. The van der Waals surface area contributed by atoms with Crippen LogP contribution in [0.4, 0.5) is 11.4 Å². The number of anilines is 2. The van der Waals surface area contributed by atoms with E-state index in [4.69, 9.17) is 28.9 Å². The van der Waals surface area contributed by atoms with Crippen LogP contribution in [0.3, 0.4) is 0 Å². The van der Waals surface area contributed by atoms with Crippen LogP contribution in [-0.4, -0.2) is 16.9 Å². The summed E-state index contributed by atoms with van der Waals surface area (Å²) in [6, 6.07) is 3.15. The molecule has 1 amide bonds. The monoisotopic (exact) mass is 332 g/mol. The summed E-state index contributed by atoms with van der Waals surface area (Å²) in [6.07, 6.45) is 5.67. The summed E-state index contributed by atoms with van der Waals surface area (Å²) in [5, 5.41) is 4.32. The molecular weight excluding hydrogens is 315 g/mol. The van der Waals surface area contributed by atoms with Gasteiger partial charge in [0.1, 0.15) is 0 Å². The molecule has 3 nitrogen and oxygen atoms in total. The second kappa shape index (κ2) is 7.43. The lowest BCUT2D eigenvalue weighted by atomic mass is 10.2. The number of benzene rings is 1. The van der Waals surface area contributed by atoms with E-state index in [-0.39, 0.29) is 5.91 Å². The van der Waals surface area contributed by atoms with Crippen LogP contribution in [0.25, 0.3) is 0 Å². The van der Waals surface area contributed by atoms with E-state index >= 15 is 0 Å². The van der Waals surface area contributed by atoms with E-state index in [1.54, 1.807) is 12.1 Å². The Labute approximate surface area is 133 Å². The van der Waals surface area contributed by atoms with Crippen molar-refractivity contribution >= 4 is 52.2 Å². The van der Waals surface area contributed by atoms with Gasteiger partial charge in [0, 0.05) is 22.4 Å². The predicted octanol–water partition coefficient (Wildman–Crippen LogP) is 4.58. The summed E-state index contributed by atoms with van der Waals surface area (Å²) in [5.41, 5.74) is 6.65. The van der Waals surface area contributed by atoms with E-state index in [1.165, 1.54) is 25.7 Å². The van der Waals surface area contributed by atoms with Crippen molar-refractivity contribution in [3.05, 3.63) is 22.2 Å². The van der Waals surface area contributed by atoms with Crippen LogP contribution in [0, 0.1) is 0 Å². The Kier molecular flexibility index (Phi) is 5.87. The van der Waals surface area contributed by atoms with Crippen LogP contribution in [-0.2, 0) is 4.79 Å². The molecule has 0 atom stereocenters. The van der Waals surface area contributed by atoms with Crippen LogP contribution in [0.2, 0.25) is 10.0 Å². The first kappa shape index (κ1) is 15.8. The standard InChI is InChI=1S/C14H18Cl2N2OS/c15-9-7-11(16)14(12(17)8-9)18-13(19)5-6-20-10-3-1-2-4-10/h7-8,10H,1-6,17H2,(H,18,19). The van der Waals surface area contributed by atoms with Gasteiger partial charge in [-0.15, -0.1) is 0 Å². The van der Waals surface area contributed by atoms with Crippen LogP contribution in [0.5, 0.6) is 0 Å². The van der Waals surface area contributed by atoms with Gasteiger partial charge in [-0.05, 0) is 25.0 Å². The first-order chi connectivity index (χ1) is 9.56. The van der Waals surface area contributed by atoms with Gasteiger partial charge < -0.3 is 11.1 Å². The van der Waals surface area contributed by atoms with Gasteiger partial charge in [-0.3, -0.25) is 4.79 Å². The molecule has 110 valence electrons. The average molecular weight is 333 g/mol. The molecule has 0 heterocycles. The highest BCUT2D eigenvalue weighted by molar-refractivity contribution is 7.99. The Morgan fingerprint density at radius 1 is 1.35 bits per heavy atom. The van der Waals surface area contributed by atoms with Gasteiger partial charge in [-0.2, -0.15) is 11.8 Å². The number of nitrogen functional groups attached to an aromatic ring is 1. The van der Waals surface area contributed by atoms with E-state index in [1.807, 2.05) is 11.8 Å². The normalized spacial score (nSPS) is 15.5. The highest BCUT2D eigenvalue weighted by Crippen LogP contribution is 2.33. The smallest absolute Gasteiger partial charge is 0.225 e. The van der Waals surface area contributed by atoms with Crippen molar-refractivity contribution in [2.24, 2.45) is 0 Å². The van der Waals surface area contributed by atoms with E-state index in [2.05, 4.69) is 5.32 Å². The molecule has 1 aromatic rings. The summed E-state index contributed by atoms with van der Waals surface area (Å²) in [5.74, 6) is 0.771. The van der Waals surface area contributed by atoms with Gasteiger partial charge >= 0.3 is 0 Å². The first-order valence-electron chi connectivity index (χ1n) is 6.72. The molecule has 1 aliphatic rings. The van der Waals surface area contributed by atoms with Crippen LogP contribution < -0.4 is 11.1 Å². The number of rotatable bonds is 5. The zero-order chi connectivity index (χ0) is 14.5. The van der Waals surface area contributed by atoms with Gasteiger partial charge in [0.2, 0.25) is 5.91 Å². The minimum atomic E-state index is -0.0635. The van der Waals surface area contributed by atoms with Crippen LogP contribution in [0.15, 0.2) is 12.1 Å². The number of nitrogens with two attached hydrogens (primary N) is 1. The molecule has 1 aliphatic carbocycles. The van der Waals surface area contributed by atoms with Crippen molar-refractivity contribution < 1.29 is 4.79 Å². The minimum Gasteiger partial charge on any atom is -0.397 e. The summed E-state index contributed by atoms with van der Waals surface area (Å²) >= 11 is 13.8. The van der Waals surface area contributed by atoms with Crippen molar-refractivity contribution in [2.45, 2.75) is 37.4 Å². The number of hydrogen-bond donors (Lipinski definition) is 2. The number of halogens is 2. The molecule has 1 aromatic carbocycles. The van der Waals surface area contributed by atoms with E-state index in [0.717, 1.165) is 11.0 Å². The zero-order valence-corrected chi connectivity index (χ0v) is 13.5. The number of carbonyl (C=O) groups is 1. The molecule has 3 N–H and O–H groups in total. The molecule has 0 radical (unpaired) electrons. The molecule has 20 heavy (non-hydrogen) atoms. The maximum Gasteiger partial charge on any atom is 0.225 e. The molecule has 0 aromatic heterocycles. The summed E-state index contributed by atoms with van der Waals surface area (Å²) < 4.78 is 0. The Morgan fingerprint density at radius 2 is 2.05 bits per heavy atom. The summed E-state index contributed by atoms with van der Waals surface area (Å²) in [6.45, 7) is 0. The molecule has 0 aliphatic heterocycles. The molecular formula is C14H18Cl2N2OS. The van der Waals surface area contributed by atoms with Crippen LogP contribution in [0.1, 0.15) is 32.1 Å². The highest BCUT2D eigenvalue weighted by Gasteiger charge is 2.16. The molecule has 0 spiro atoms. The van der Waals surface area contributed by atoms with E-state index in [0.29, 0.717) is 27.8 Å². The lowest BCUT2D eigenvalue weighted by Crippen LogP contribution is -2.14. The maximum atomic E-state index is 11.9. The second-order valence-corrected chi connectivity index (χ2v) is 7.18. The van der Waals surface area contributed by atoms with Gasteiger partial charge in [-0.25, -0.2) is 0 Å².